The summed E-state index contributed by atoms with van der Waals surface area (Å²) in [5.41, 5.74) is 1.89. The number of piperidine rings is 1. The van der Waals surface area contributed by atoms with Gasteiger partial charge in [-0.2, -0.15) is 0 Å². The lowest BCUT2D eigenvalue weighted by Gasteiger charge is -2.36. The van der Waals surface area contributed by atoms with Crippen molar-refractivity contribution in [3.8, 4) is 0 Å². The van der Waals surface area contributed by atoms with E-state index in [1.807, 2.05) is 37.1 Å². The SMILES string of the molecule is CCN1CCC(N(C)C(=O)c2cc(C)ccc2Br)CC1. The van der Waals surface area contributed by atoms with Crippen LogP contribution in [0.2, 0.25) is 0 Å². The number of rotatable bonds is 3. The van der Waals surface area contributed by atoms with Gasteiger partial charge in [0.1, 0.15) is 0 Å². The number of likely N-dealkylation sites (tertiary alicyclic amines) is 1. The van der Waals surface area contributed by atoms with Crippen LogP contribution in [0.3, 0.4) is 0 Å². The van der Waals surface area contributed by atoms with Crippen molar-refractivity contribution in [3.63, 3.8) is 0 Å². The van der Waals surface area contributed by atoms with Crippen molar-refractivity contribution in [3.05, 3.63) is 33.8 Å². The number of aryl methyl sites for hydroxylation is 1. The van der Waals surface area contributed by atoms with E-state index in [0.29, 0.717) is 6.04 Å². The molecule has 1 aromatic carbocycles. The molecule has 1 amide bonds. The largest absolute Gasteiger partial charge is 0.339 e. The Morgan fingerprint density at radius 1 is 1.40 bits per heavy atom. The van der Waals surface area contributed by atoms with Crippen molar-refractivity contribution in [2.45, 2.75) is 32.7 Å². The van der Waals surface area contributed by atoms with Gasteiger partial charge in [-0.15, -0.1) is 0 Å². The van der Waals surface area contributed by atoms with Gasteiger partial charge in [0.15, 0.2) is 0 Å². The molecule has 1 aliphatic heterocycles. The van der Waals surface area contributed by atoms with Crippen LogP contribution in [0.15, 0.2) is 22.7 Å². The first-order chi connectivity index (χ1) is 9.52. The van der Waals surface area contributed by atoms with Crippen molar-refractivity contribution in [1.82, 2.24) is 9.80 Å². The Balaban J connectivity index is 2.07. The van der Waals surface area contributed by atoms with E-state index in [1.54, 1.807) is 0 Å². The topological polar surface area (TPSA) is 23.6 Å². The number of hydrogen-bond acceptors (Lipinski definition) is 2. The van der Waals surface area contributed by atoms with Gasteiger partial charge in [-0.1, -0.05) is 18.6 Å². The molecule has 0 spiro atoms. The average molecular weight is 339 g/mol. The quantitative estimate of drug-likeness (QED) is 0.844. The van der Waals surface area contributed by atoms with Crippen LogP contribution in [0.1, 0.15) is 35.7 Å². The molecule has 0 N–H and O–H groups in total. The van der Waals surface area contributed by atoms with E-state index < -0.39 is 0 Å². The Morgan fingerprint density at radius 3 is 2.65 bits per heavy atom. The number of carbonyl (C=O) groups excluding carboxylic acids is 1. The van der Waals surface area contributed by atoms with Gasteiger partial charge in [-0.3, -0.25) is 4.79 Å². The summed E-state index contributed by atoms with van der Waals surface area (Å²) in [6.07, 6.45) is 2.14. The molecule has 0 aromatic heterocycles. The van der Waals surface area contributed by atoms with E-state index in [2.05, 4.69) is 27.8 Å². The first-order valence-corrected chi connectivity index (χ1v) is 8.08. The summed E-state index contributed by atoms with van der Waals surface area (Å²) in [5, 5.41) is 0. The maximum absolute atomic E-state index is 12.7. The fourth-order valence-electron chi connectivity index (χ4n) is 2.78. The minimum atomic E-state index is 0.121. The summed E-state index contributed by atoms with van der Waals surface area (Å²) in [7, 11) is 1.93. The number of carbonyl (C=O) groups is 1. The van der Waals surface area contributed by atoms with Gasteiger partial charge >= 0.3 is 0 Å². The van der Waals surface area contributed by atoms with Crippen LogP contribution in [0.25, 0.3) is 0 Å². The standard InChI is InChI=1S/C16H23BrN2O/c1-4-19-9-7-13(8-10-19)18(3)16(20)14-11-12(2)5-6-15(14)17/h5-6,11,13H,4,7-10H2,1-3H3. The Morgan fingerprint density at radius 2 is 2.05 bits per heavy atom. The smallest absolute Gasteiger partial charge is 0.255 e. The monoisotopic (exact) mass is 338 g/mol. The summed E-state index contributed by atoms with van der Waals surface area (Å²) in [5.74, 6) is 0.121. The molecule has 1 heterocycles. The average Bonchev–Trinajstić information content (AvgIpc) is 2.48. The van der Waals surface area contributed by atoms with Crippen LogP contribution in [-0.4, -0.2) is 48.4 Å². The molecule has 3 nitrogen and oxygen atoms in total. The maximum atomic E-state index is 12.7. The number of nitrogens with zero attached hydrogens (tertiary/aromatic N) is 2. The van der Waals surface area contributed by atoms with E-state index in [9.17, 15) is 4.79 Å². The van der Waals surface area contributed by atoms with Crippen LogP contribution in [0.4, 0.5) is 0 Å². The number of hydrogen-bond donors (Lipinski definition) is 0. The zero-order chi connectivity index (χ0) is 14.7. The number of amides is 1. The highest BCUT2D eigenvalue weighted by molar-refractivity contribution is 9.10. The van der Waals surface area contributed by atoms with Gasteiger partial charge < -0.3 is 9.80 Å². The first kappa shape index (κ1) is 15.5. The molecule has 1 aromatic rings. The Kier molecular flexibility index (Phi) is 5.22. The lowest BCUT2D eigenvalue weighted by atomic mass is 10.0. The highest BCUT2D eigenvalue weighted by atomic mass is 79.9. The van der Waals surface area contributed by atoms with Crippen molar-refractivity contribution in [2.24, 2.45) is 0 Å². The third kappa shape index (κ3) is 3.41. The van der Waals surface area contributed by atoms with Crippen molar-refractivity contribution < 1.29 is 4.79 Å². The van der Waals surface area contributed by atoms with Crippen LogP contribution in [0.5, 0.6) is 0 Å². The van der Waals surface area contributed by atoms with Crippen molar-refractivity contribution in [1.29, 1.82) is 0 Å². The van der Waals surface area contributed by atoms with E-state index in [-0.39, 0.29) is 5.91 Å². The van der Waals surface area contributed by atoms with Gasteiger partial charge in [0, 0.05) is 30.7 Å². The number of halogens is 1. The second-order valence-corrected chi connectivity index (χ2v) is 6.42. The zero-order valence-corrected chi connectivity index (χ0v) is 14.1. The summed E-state index contributed by atoms with van der Waals surface area (Å²) < 4.78 is 0.881. The van der Waals surface area contributed by atoms with Crippen LogP contribution in [-0.2, 0) is 0 Å². The molecule has 1 aliphatic rings. The molecular weight excluding hydrogens is 316 g/mol. The van der Waals surface area contributed by atoms with Gasteiger partial charge in [-0.05, 0) is 54.4 Å². The molecule has 4 heteroatoms. The molecule has 1 fully saturated rings. The summed E-state index contributed by atoms with van der Waals surface area (Å²) in [6, 6.07) is 6.29. The molecular formula is C16H23BrN2O. The molecule has 0 unspecified atom stereocenters. The molecule has 0 bridgehead atoms. The second-order valence-electron chi connectivity index (χ2n) is 5.56. The Labute approximate surface area is 130 Å². The summed E-state index contributed by atoms with van der Waals surface area (Å²) in [6.45, 7) is 7.50. The Bertz CT molecular complexity index is 481. The molecule has 0 radical (unpaired) electrons. The maximum Gasteiger partial charge on any atom is 0.255 e. The lowest BCUT2D eigenvalue weighted by Crippen LogP contribution is -2.45. The molecule has 0 aliphatic carbocycles. The number of benzene rings is 1. The lowest BCUT2D eigenvalue weighted by molar-refractivity contribution is 0.0646. The fourth-order valence-corrected chi connectivity index (χ4v) is 3.20. The Hall–Kier alpha value is -0.870. The van der Waals surface area contributed by atoms with E-state index in [1.165, 1.54) is 0 Å². The van der Waals surface area contributed by atoms with Gasteiger partial charge in [0.2, 0.25) is 0 Å². The molecule has 0 atom stereocenters. The first-order valence-electron chi connectivity index (χ1n) is 7.28. The van der Waals surface area contributed by atoms with E-state index >= 15 is 0 Å². The second kappa shape index (κ2) is 6.72. The predicted octanol–water partition coefficient (Wildman–Crippen LogP) is 3.31. The van der Waals surface area contributed by atoms with E-state index in [4.69, 9.17) is 0 Å². The summed E-state index contributed by atoms with van der Waals surface area (Å²) >= 11 is 3.49. The van der Waals surface area contributed by atoms with Crippen molar-refractivity contribution in [2.75, 3.05) is 26.7 Å². The normalized spacial score (nSPS) is 17.2. The highest BCUT2D eigenvalue weighted by Crippen LogP contribution is 2.23. The minimum Gasteiger partial charge on any atom is -0.339 e. The van der Waals surface area contributed by atoms with Crippen LogP contribution in [0, 0.1) is 6.92 Å². The third-order valence-corrected chi connectivity index (χ3v) is 4.92. The minimum absolute atomic E-state index is 0.121. The third-order valence-electron chi connectivity index (χ3n) is 4.22. The van der Waals surface area contributed by atoms with Crippen molar-refractivity contribution >= 4 is 21.8 Å². The molecule has 20 heavy (non-hydrogen) atoms. The van der Waals surface area contributed by atoms with Crippen LogP contribution < -0.4 is 0 Å². The fraction of sp³-hybridized carbons (Fsp3) is 0.562. The molecule has 0 saturated carbocycles. The molecule has 2 rings (SSSR count). The van der Waals surface area contributed by atoms with Gasteiger partial charge in [0.25, 0.3) is 5.91 Å². The van der Waals surface area contributed by atoms with Gasteiger partial charge in [0.05, 0.1) is 5.56 Å². The van der Waals surface area contributed by atoms with Crippen LogP contribution >= 0.6 is 15.9 Å². The summed E-state index contributed by atoms with van der Waals surface area (Å²) in [4.78, 5) is 17.0. The molecule has 110 valence electrons. The molecule has 1 saturated heterocycles. The zero-order valence-electron chi connectivity index (χ0n) is 12.5. The van der Waals surface area contributed by atoms with E-state index in [0.717, 1.165) is 48.1 Å². The predicted molar refractivity (Wildman–Crippen MR) is 86.1 cm³/mol. The van der Waals surface area contributed by atoms with Gasteiger partial charge in [-0.25, -0.2) is 0 Å². The highest BCUT2D eigenvalue weighted by Gasteiger charge is 2.26.